The molecule has 5 heteroatoms. The molecular weight excluding hydrogens is 290 g/mol. The van der Waals surface area contributed by atoms with Crippen LogP contribution in [0.3, 0.4) is 0 Å². The van der Waals surface area contributed by atoms with Crippen molar-refractivity contribution in [2.75, 3.05) is 32.0 Å². The average Bonchev–Trinajstić information content (AvgIpc) is 3.00. The van der Waals surface area contributed by atoms with E-state index in [0.29, 0.717) is 5.92 Å². The number of fused-ring (bicyclic) bond motifs is 1. The maximum Gasteiger partial charge on any atom is 0.243 e. The molecule has 0 radical (unpaired) electrons. The SMILES string of the molecule is CN(CC(=O)Nc1ccccc1)C(=O)[C@@]12CCCC[C@H]1CNC2. The summed E-state index contributed by atoms with van der Waals surface area (Å²) >= 11 is 0. The maximum absolute atomic E-state index is 13.0. The van der Waals surface area contributed by atoms with Crippen LogP contribution in [0.4, 0.5) is 5.69 Å². The molecule has 1 saturated heterocycles. The summed E-state index contributed by atoms with van der Waals surface area (Å²) in [5.74, 6) is 0.389. The van der Waals surface area contributed by atoms with E-state index in [0.717, 1.165) is 38.0 Å². The van der Waals surface area contributed by atoms with Gasteiger partial charge in [0.05, 0.1) is 12.0 Å². The second-order valence-corrected chi connectivity index (χ2v) is 6.81. The number of carbonyl (C=O) groups excluding carboxylic acids is 2. The lowest BCUT2D eigenvalue weighted by molar-refractivity contribution is -0.145. The summed E-state index contributed by atoms with van der Waals surface area (Å²) in [5, 5.41) is 6.23. The van der Waals surface area contributed by atoms with E-state index in [2.05, 4.69) is 10.6 Å². The minimum Gasteiger partial charge on any atom is -0.336 e. The highest BCUT2D eigenvalue weighted by Gasteiger charge is 2.50. The Morgan fingerprint density at radius 2 is 2.09 bits per heavy atom. The first-order valence-electron chi connectivity index (χ1n) is 8.43. The zero-order valence-corrected chi connectivity index (χ0v) is 13.7. The van der Waals surface area contributed by atoms with E-state index in [1.807, 2.05) is 30.3 Å². The summed E-state index contributed by atoms with van der Waals surface area (Å²) in [4.78, 5) is 26.8. The molecule has 1 aliphatic heterocycles. The summed E-state index contributed by atoms with van der Waals surface area (Å²) in [5.41, 5.74) is 0.467. The lowest BCUT2D eigenvalue weighted by Crippen LogP contribution is -2.50. The molecule has 1 aromatic carbocycles. The molecule has 1 saturated carbocycles. The lowest BCUT2D eigenvalue weighted by atomic mass is 9.67. The van der Waals surface area contributed by atoms with Crippen molar-refractivity contribution in [1.29, 1.82) is 0 Å². The number of hydrogen-bond acceptors (Lipinski definition) is 3. The fraction of sp³-hybridized carbons (Fsp3) is 0.556. The van der Waals surface area contributed by atoms with Gasteiger partial charge in [-0.15, -0.1) is 0 Å². The van der Waals surface area contributed by atoms with E-state index in [9.17, 15) is 9.59 Å². The van der Waals surface area contributed by atoms with Gasteiger partial charge in [0, 0.05) is 19.3 Å². The van der Waals surface area contributed by atoms with Gasteiger partial charge in [-0.3, -0.25) is 9.59 Å². The summed E-state index contributed by atoms with van der Waals surface area (Å²) in [6.45, 7) is 1.78. The number of para-hydroxylation sites is 1. The van der Waals surface area contributed by atoms with Crippen molar-refractivity contribution in [2.24, 2.45) is 11.3 Å². The molecule has 3 rings (SSSR count). The molecule has 2 aliphatic rings. The molecule has 23 heavy (non-hydrogen) atoms. The quantitative estimate of drug-likeness (QED) is 0.891. The van der Waals surface area contributed by atoms with Crippen molar-refractivity contribution in [3.8, 4) is 0 Å². The summed E-state index contributed by atoms with van der Waals surface area (Å²) < 4.78 is 0. The number of amides is 2. The van der Waals surface area contributed by atoms with Gasteiger partial charge in [-0.2, -0.15) is 0 Å². The predicted octanol–water partition coefficient (Wildman–Crippen LogP) is 1.86. The largest absolute Gasteiger partial charge is 0.336 e. The van der Waals surface area contributed by atoms with E-state index >= 15 is 0 Å². The van der Waals surface area contributed by atoms with Crippen molar-refractivity contribution >= 4 is 17.5 Å². The average molecular weight is 315 g/mol. The van der Waals surface area contributed by atoms with Crippen molar-refractivity contribution in [3.05, 3.63) is 30.3 Å². The monoisotopic (exact) mass is 315 g/mol. The summed E-state index contributed by atoms with van der Waals surface area (Å²) in [6.07, 6.45) is 4.37. The van der Waals surface area contributed by atoms with Crippen LogP contribution >= 0.6 is 0 Å². The minimum absolute atomic E-state index is 0.0994. The van der Waals surface area contributed by atoms with E-state index in [-0.39, 0.29) is 23.8 Å². The molecule has 2 amide bonds. The van der Waals surface area contributed by atoms with Crippen molar-refractivity contribution in [1.82, 2.24) is 10.2 Å². The smallest absolute Gasteiger partial charge is 0.243 e. The molecule has 2 N–H and O–H groups in total. The Balaban J connectivity index is 1.62. The molecule has 0 unspecified atom stereocenters. The Bertz CT molecular complexity index is 575. The fourth-order valence-electron chi connectivity index (χ4n) is 4.06. The van der Waals surface area contributed by atoms with Crippen LogP contribution in [-0.2, 0) is 9.59 Å². The molecule has 0 aromatic heterocycles. The van der Waals surface area contributed by atoms with Gasteiger partial charge in [-0.1, -0.05) is 31.0 Å². The predicted molar refractivity (Wildman–Crippen MR) is 90.0 cm³/mol. The van der Waals surface area contributed by atoms with Crippen LogP contribution in [-0.4, -0.2) is 43.4 Å². The van der Waals surface area contributed by atoms with Crippen LogP contribution in [0.1, 0.15) is 25.7 Å². The summed E-state index contributed by atoms with van der Waals surface area (Å²) in [7, 11) is 1.74. The Kier molecular flexibility index (Phi) is 4.66. The van der Waals surface area contributed by atoms with Gasteiger partial charge in [-0.05, 0) is 37.4 Å². The normalized spacial score (nSPS) is 26.4. The van der Waals surface area contributed by atoms with Crippen LogP contribution in [0.2, 0.25) is 0 Å². The molecule has 1 heterocycles. The van der Waals surface area contributed by atoms with Gasteiger partial charge in [0.25, 0.3) is 0 Å². The molecule has 1 aromatic rings. The third-order valence-electron chi connectivity index (χ3n) is 5.25. The topological polar surface area (TPSA) is 61.4 Å². The van der Waals surface area contributed by atoms with Gasteiger partial charge in [0.15, 0.2) is 0 Å². The van der Waals surface area contributed by atoms with Gasteiger partial charge in [0.1, 0.15) is 0 Å². The molecule has 2 atom stereocenters. The summed E-state index contributed by atoms with van der Waals surface area (Å²) in [6, 6.07) is 9.34. The Morgan fingerprint density at radius 1 is 1.30 bits per heavy atom. The van der Waals surface area contributed by atoms with E-state index < -0.39 is 0 Å². The molecule has 5 nitrogen and oxygen atoms in total. The number of carbonyl (C=O) groups is 2. The highest BCUT2D eigenvalue weighted by Crippen LogP contribution is 2.44. The maximum atomic E-state index is 13.0. The first kappa shape index (κ1) is 16.0. The number of benzene rings is 1. The number of hydrogen-bond donors (Lipinski definition) is 2. The second-order valence-electron chi connectivity index (χ2n) is 6.81. The third-order valence-corrected chi connectivity index (χ3v) is 5.25. The second kappa shape index (κ2) is 6.71. The minimum atomic E-state index is -0.292. The first-order valence-corrected chi connectivity index (χ1v) is 8.43. The Morgan fingerprint density at radius 3 is 2.87 bits per heavy atom. The first-order chi connectivity index (χ1) is 11.1. The molecule has 2 fully saturated rings. The van der Waals surface area contributed by atoms with Crippen molar-refractivity contribution in [3.63, 3.8) is 0 Å². The molecule has 0 bridgehead atoms. The highest BCUT2D eigenvalue weighted by molar-refractivity contribution is 5.95. The standard InChI is InChI=1S/C18H25N3O2/c1-21(12-16(22)20-15-8-3-2-4-9-15)17(23)18-10-6-5-7-14(18)11-19-13-18/h2-4,8-9,14,19H,5-7,10-13H2,1H3,(H,20,22)/t14-,18+/m0/s1. The molecule has 1 aliphatic carbocycles. The van der Waals surface area contributed by atoms with Crippen LogP contribution in [0.15, 0.2) is 30.3 Å². The number of anilines is 1. The van der Waals surface area contributed by atoms with Gasteiger partial charge < -0.3 is 15.5 Å². The zero-order chi connectivity index (χ0) is 16.3. The van der Waals surface area contributed by atoms with Crippen molar-refractivity contribution in [2.45, 2.75) is 25.7 Å². The van der Waals surface area contributed by atoms with Crippen LogP contribution in [0.5, 0.6) is 0 Å². The van der Waals surface area contributed by atoms with Gasteiger partial charge >= 0.3 is 0 Å². The number of likely N-dealkylation sites (N-methyl/N-ethyl adjacent to an activating group) is 1. The third kappa shape index (κ3) is 3.24. The number of rotatable bonds is 4. The van der Waals surface area contributed by atoms with Crippen LogP contribution < -0.4 is 10.6 Å². The molecular formula is C18H25N3O2. The Labute approximate surface area is 137 Å². The zero-order valence-electron chi connectivity index (χ0n) is 13.7. The highest BCUT2D eigenvalue weighted by atomic mass is 16.2. The number of nitrogens with one attached hydrogen (secondary N) is 2. The van der Waals surface area contributed by atoms with Crippen LogP contribution in [0, 0.1) is 11.3 Å². The van der Waals surface area contributed by atoms with Crippen molar-refractivity contribution < 1.29 is 9.59 Å². The van der Waals surface area contributed by atoms with Gasteiger partial charge in [-0.25, -0.2) is 0 Å². The van der Waals surface area contributed by atoms with Crippen LogP contribution in [0.25, 0.3) is 0 Å². The van der Waals surface area contributed by atoms with E-state index in [1.165, 1.54) is 6.42 Å². The van der Waals surface area contributed by atoms with Gasteiger partial charge in [0.2, 0.25) is 11.8 Å². The van der Waals surface area contributed by atoms with E-state index in [4.69, 9.17) is 0 Å². The lowest BCUT2D eigenvalue weighted by Gasteiger charge is -2.39. The van der Waals surface area contributed by atoms with E-state index in [1.54, 1.807) is 11.9 Å². The fourth-order valence-corrected chi connectivity index (χ4v) is 4.06. The number of nitrogens with zero attached hydrogens (tertiary/aromatic N) is 1. The molecule has 0 spiro atoms. The Hall–Kier alpha value is -1.88. The molecule has 124 valence electrons.